The Morgan fingerprint density at radius 1 is 1.50 bits per heavy atom. The van der Waals surface area contributed by atoms with Crippen LogP contribution < -0.4 is 4.57 Å². The molecule has 2 rings (SSSR count). The molecule has 0 aliphatic heterocycles. The van der Waals surface area contributed by atoms with Gasteiger partial charge >= 0.3 is 11.0 Å². The van der Waals surface area contributed by atoms with Gasteiger partial charge in [-0.15, -0.1) is 0 Å². The quantitative estimate of drug-likeness (QED) is 0.766. The molecule has 0 unspecified atom stereocenters. The van der Waals surface area contributed by atoms with Gasteiger partial charge in [0.25, 0.3) is 0 Å². The fourth-order valence-corrected chi connectivity index (χ4v) is 2.57. The number of rotatable bonds is 2. The highest BCUT2D eigenvalue weighted by Gasteiger charge is 2.24. The van der Waals surface area contributed by atoms with Crippen molar-refractivity contribution < 1.29 is 14.5 Å². The van der Waals surface area contributed by atoms with Crippen LogP contribution in [0.2, 0.25) is 0 Å². The van der Waals surface area contributed by atoms with E-state index in [0.717, 1.165) is 10.2 Å². The fourth-order valence-electron chi connectivity index (χ4n) is 1.51. The SMILES string of the molecule is CC[n+]1c(C(=O)O)sc2ccccc21. The van der Waals surface area contributed by atoms with Gasteiger partial charge in [-0.2, -0.15) is 4.57 Å². The molecule has 0 aliphatic rings. The van der Waals surface area contributed by atoms with E-state index in [9.17, 15) is 4.79 Å². The third-order valence-electron chi connectivity index (χ3n) is 2.11. The smallest absolute Gasteiger partial charge is 0.412 e. The van der Waals surface area contributed by atoms with Crippen molar-refractivity contribution in [2.45, 2.75) is 13.5 Å². The maximum Gasteiger partial charge on any atom is 0.412 e. The number of carboxylic acids is 1. The van der Waals surface area contributed by atoms with Gasteiger partial charge in [0.15, 0.2) is 0 Å². The number of nitrogens with zero attached hydrogens (tertiary/aromatic N) is 1. The lowest BCUT2D eigenvalue weighted by atomic mass is 10.3. The molecule has 0 saturated carbocycles. The summed E-state index contributed by atoms with van der Waals surface area (Å²) in [5.74, 6) is -0.854. The Labute approximate surface area is 85.2 Å². The van der Waals surface area contributed by atoms with Crippen molar-refractivity contribution in [2.75, 3.05) is 0 Å². The van der Waals surface area contributed by atoms with E-state index in [4.69, 9.17) is 5.11 Å². The summed E-state index contributed by atoms with van der Waals surface area (Å²) in [6.07, 6.45) is 0. The maximum absolute atomic E-state index is 10.9. The molecule has 0 radical (unpaired) electrons. The Balaban J connectivity index is 2.78. The predicted octanol–water partition coefficient (Wildman–Crippen LogP) is 1.91. The third-order valence-corrected chi connectivity index (χ3v) is 3.26. The Hall–Kier alpha value is -1.42. The molecule has 3 nitrogen and oxygen atoms in total. The molecule has 4 heteroatoms. The lowest BCUT2D eigenvalue weighted by molar-refractivity contribution is -0.665. The lowest BCUT2D eigenvalue weighted by Gasteiger charge is -1.89. The van der Waals surface area contributed by atoms with Gasteiger partial charge in [-0.1, -0.05) is 23.5 Å². The van der Waals surface area contributed by atoms with Gasteiger partial charge in [0.2, 0.25) is 5.52 Å². The Morgan fingerprint density at radius 2 is 2.21 bits per heavy atom. The van der Waals surface area contributed by atoms with E-state index in [1.165, 1.54) is 11.3 Å². The van der Waals surface area contributed by atoms with Crippen LogP contribution in [0.5, 0.6) is 0 Å². The van der Waals surface area contributed by atoms with Gasteiger partial charge in [-0.05, 0) is 13.0 Å². The van der Waals surface area contributed by atoms with Gasteiger partial charge in [0, 0.05) is 6.07 Å². The highest BCUT2D eigenvalue weighted by Crippen LogP contribution is 2.19. The van der Waals surface area contributed by atoms with E-state index < -0.39 is 5.97 Å². The summed E-state index contributed by atoms with van der Waals surface area (Å²) < 4.78 is 2.84. The van der Waals surface area contributed by atoms with Crippen LogP contribution in [0, 0.1) is 0 Å². The zero-order valence-electron chi connectivity index (χ0n) is 7.73. The molecular weight excluding hydrogens is 198 g/mol. The number of fused-ring (bicyclic) bond motifs is 1. The second kappa shape index (κ2) is 3.38. The van der Waals surface area contributed by atoms with Crippen LogP contribution in [0.3, 0.4) is 0 Å². The van der Waals surface area contributed by atoms with Crippen LogP contribution in [-0.4, -0.2) is 11.1 Å². The minimum Gasteiger partial charge on any atom is -0.473 e. The first-order valence-electron chi connectivity index (χ1n) is 4.38. The molecule has 14 heavy (non-hydrogen) atoms. The van der Waals surface area contributed by atoms with E-state index in [-0.39, 0.29) is 0 Å². The second-order valence-electron chi connectivity index (χ2n) is 2.92. The van der Waals surface area contributed by atoms with Gasteiger partial charge < -0.3 is 5.11 Å². The van der Waals surface area contributed by atoms with Gasteiger partial charge in [0.05, 0.1) is 0 Å². The number of thiazole rings is 1. The summed E-state index contributed by atoms with van der Waals surface area (Å²) in [5.41, 5.74) is 0.998. The average Bonchev–Trinajstić information content (AvgIpc) is 2.56. The molecule has 1 aromatic carbocycles. The topological polar surface area (TPSA) is 41.2 Å². The highest BCUT2D eigenvalue weighted by atomic mass is 32.1. The number of carbonyl (C=O) groups is 1. The molecule has 0 bridgehead atoms. The summed E-state index contributed by atoms with van der Waals surface area (Å²) >= 11 is 1.32. The molecule has 0 fully saturated rings. The first-order valence-corrected chi connectivity index (χ1v) is 5.20. The zero-order valence-corrected chi connectivity index (χ0v) is 8.54. The molecule has 0 atom stereocenters. The number of benzene rings is 1. The number of hydrogen-bond acceptors (Lipinski definition) is 2. The summed E-state index contributed by atoms with van der Waals surface area (Å²) in [7, 11) is 0. The molecule has 1 aromatic heterocycles. The molecule has 0 spiro atoms. The number of hydrogen-bond donors (Lipinski definition) is 1. The van der Waals surface area contributed by atoms with Crippen molar-refractivity contribution in [1.29, 1.82) is 0 Å². The highest BCUT2D eigenvalue weighted by molar-refractivity contribution is 7.19. The van der Waals surface area contributed by atoms with E-state index in [2.05, 4.69) is 0 Å². The van der Waals surface area contributed by atoms with Crippen molar-refractivity contribution >= 4 is 27.5 Å². The molecule has 0 aliphatic carbocycles. The van der Waals surface area contributed by atoms with Crippen LogP contribution in [0.25, 0.3) is 10.2 Å². The van der Waals surface area contributed by atoms with Crippen LogP contribution in [0.15, 0.2) is 24.3 Å². The molecule has 1 heterocycles. The number of carboxylic acid groups (broad SMARTS) is 1. The summed E-state index contributed by atoms with van der Waals surface area (Å²) in [6.45, 7) is 2.64. The van der Waals surface area contributed by atoms with E-state index >= 15 is 0 Å². The number of aromatic carboxylic acids is 1. The van der Waals surface area contributed by atoms with Gasteiger partial charge in [0.1, 0.15) is 11.2 Å². The minimum atomic E-state index is -0.854. The molecule has 1 N–H and O–H groups in total. The van der Waals surface area contributed by atoms with E-state index in [1.807, 2.05) is 35.8 Å². The predicted molar refractivity (Wildman–Crippen MR) is 54.7 cm³/mol. The van der Waals surface area contributed by atoms with Gasteiger partial charge in [-0.25, -0.2) is 4.79 Å². The number of aryl methyl sites for hydroxylation is 1. The third kappa shape index (κ3) is 1.28. The molecule has 0 amide bonds. The zero-order chi connectivity index (χ0) is 10.1. The number of aromatic nitrogens is 1. The molecular formula is C10H10NO2S+. The number of para-hydroxylation sites is 1. The second-order valence-corrected chi connectivity index (χ2v) is 3.95. The molecule has 72 valence electrons. The standard InChI is InChI=1S/C10H9NO2S/c1-2-11-7-5-3-4-6-8(7)14-9(11)10(12)13/h3-6H,2H2,1H3/p+1. The maximum atomic E-state index is 10.9. The van der Waals surface area contributed by atoms with Crippen LogP contribution in [0.4, 0.5) is 0 Å². The summed E-state index contributed by atoms with van der Waals surface area (Å²) in [6, 6.07) is 7.73. The molecule has 2 aromatic rings. The normalized spacial score (nSPS) is 10.6. The van der Waals surface area contributed by atoms with Crippen molar-refractivity contribution in [3.8, 4) is 0 Å². The Morgan fingerprint density at radius 3 is 2.86 bits per heavy atom. The first kappa shape index (κ1) is 9.15. The van der Waals surface area contributed by atoms with Crippen molar-refractivity contribution in [2.24, 2.45) is 0 Å². The summed E-state index contributed by atoms with van der Waals surface area (Å²) in [4.78, 5) is 10.9. The first-order chi connectivity index (χ1) is 6.74. The monoisotopic (exact) mass is 208 g/mol. The van der Waals surface area contributed by atoms with Crippen LogP contribution >= 0.6 is 11.3 Å². The Bertz CT molecular complexity index is 490. The van der Waals surface area contributed by atoms with Gasteiger partial charge in [-0.3, -0.25) is 0 Å². The Kier molecular flexibility index (Phi) is 2.21. The summed E-state index contributed by atoms with van der Waals surface area (Å²) in [5, 5.41) is 9.38. The largest absolute Gasteiger partial charge is 0.473 e. The van der Waals surface area contributed by atoms with E-state index in [0.29, 0.717) is 11.6 Å². The van der Waals surface area contributed by atoms with E-state index in [1.54, 1.807) is 0 Å². The molecule has 0 saturated heterocycles. The van der Waals surface area contributed by atoms with Crippen molar-refractivity contribution in [3.63, 3.8) is 0 Å². The van der Waals surface area contributed by atoms with Crippen molar-refractivity contribution in [1.82, 2.24) is 0 Å². The average molecular weight is 208 g/mol. The van der Waals surface area contributed by atoms with Crippen LogP contribution in [0.1, 0.15) is 16.7 Å². The lowest BCUT2D eigenvalue weighted by Crippen LogP contribution is -2.36. The minimum absolute atomic E-state index is 0.397. The van der Waals surface area contributed by atoms with Crippen LogP contribution in [-0.2, 0) is 6.54 Å². The van der Waals surface area contributed by atoms with Crippen molar-refractivity contribution in [3.05, 3.63) is 29.3 Å². The fraction of sp³-hybridized carbons (Fsp3) is 0.200.